The number of aliphatic hydroxyl groups is 2. The van der Waals surface area contributed by atoms with Gasteiger partial charge in [-0.15, -0.1) is 10.2 Å². The number of carbonyl (C=O) groups excluding carboxylic acids is 1. The lowest BCUT2D eigenvalue weighted by Gasteiger charge is -2.26. The Labute approximate surface area is 177 Å². The number of hydrogen-bond donors (Lipinski definition) is 6. The molecule has 0 spiro atoms. The van der Waals surface area contributed by atoms with E-state index in [4.69, 9.17) is 14.9 Å². The number of allylic oxidation sites excluding steroid dienone is 3. The van der Waals surface area contributed by atoms with Crippen LogP contribution in [0.1, 0.15) is 26.2 Å². The molecule has 1 saturated carbocycles. The number of ether oxygens (including phenoxy) is 2. The summed E-state index contributed by atoms with van der Waals surface area (Å²) in [6, 6.07) is 0.0000615. The number of rotatable bonds is 8. The summed E-state index contributed by atoms with van der Waals surface area (Å²) >= 11 is 1.11. The number of nitrogens with one attached hydrogen (secondary N) is 4. The summed E-state index contributed by atoms with van der Waals surface area (Å²) in [5.41, 5.74) is 1.12. The molecule has 2 aliphatic rings. The SMILES string of the molecule is COC1=C(N[C@H]2CC[C@@H](O)C2)C=C(C(=O)Nc2nnc(N/C(C)=C\C=N)s2)OC1O. The van der Waals surface area contributed by atoms with E-state index >= 15 is 0 Å². The second-order valence-corrected chi connectivity index (χ2v) is 7.75. The molecule has 6 N–H and O–H groups in total. The molecule has 0 aromatic carbocycles. The molecule has 0 saturated heterocycles. The molecule has 1 aromatic heterocycles. The van der Waals surface area contributed by atoms with Crippen LogP contribution in [0.2, 0.25) is 0 Å². The molecule has 1 aromatic rings. The van der Waals surface area contributed by atoms with E-state index < -0.39 is 12.2 Å². The number of nitrogens with zero attached hydrogens (tertiary/aromatic N) is 2. The molecule has 3 atom stereocenters. The molecule has 12 heteroatoms. The van der Waals surface area contributed by atoms with E-state index in [1.165, 1.54) is 13.2 Å². The van der Waals surface area contributed by atoms with Crippen LogP contribution in [0.15, 0.2) is 35.1 Å². The van der Waals surface area contributed by atoms with E-state index in [1.807, 2.05) is 0 Å². The van der Waals surface area contributed by atoms with E-state index in [0.717, 1.165) is 24.0 Å². The van der Waals surface area contributed by atoms with Crippen LogP contribution in [0, 0.1) is 5.41 Å². The number of carbonyl (C=O) groups is 1. The van der Waals surface area contributed by atoms with Crippen LogP contribution in [0.4, 0.5) is 10.3 Å². The fraction of sp³-hybridized carbons (Fsp3) is 0.444. The minimum Gasteiger partial charge on any atom is -0.493 e. The number of anilines is 2. The summed E-state index contributed by atoms with van der Waals surface area (Å²) in [4.78, 5) is 12.6. The van der Waals surface area contributed by atoms with Gasteiger partial charge >= 0.3 is 0 Å². The molecule has 1 fully saturated rings. The number of aromatic nitrogens is 2. The average molecular weight is 436 g/mol. The van der Waals surface area contributed by atoms with Crippen molar-refractivity contribution in [2.45, 2.75) is 44.6 Å². The Balaban J connectivity index is 1.70. The third-order valence-corrected chi connectivity index (χ3v) is 5.25. The Bertz CT molecular complexity index is 895. The van der Waals surface area contributed by atoms with Crippen molar-refractivity contribution in [1.82, 2.24) is 15.5 Å². The molecule has 1 aliphatic carbocycles. The van der Waals surface area contributed by atoms with Crippen LogP contribution in [0.3, 0.4) is 0 Å². The van der Waals surface area contributed by atoms with E-state index in [9.17, 15) is 15.0 Å². The number of aliphatic hydroxyl groups excluding tert-OH is 2. The van der Waals surface area contributed by atoms with Crippen LogP contribution >= 0.6 is 11.3 Å². The largest absolute Gasteiger partial charge is 0.493 e. The maximum absolute atomic E-state index is 12.6. The zero-order valence-corrected chi connectivity index (χ0v) is 17.3. The Morgan fingerprint density at radius 1 is 1.33 bits per heavy atom. The monoisotopic (exact) mass is 436 g/mol. The summed E-state index contributed by atoms with van der Waals surface area (Å²) in [6.07, 6.45) is 4.34. The van der Waals surface area contributed by atoms with Crippen molar-refractivity contribution in [1.29, 1.82) is 5.41 Å². The number of methoxy groups -OCH3 is 1. The first kappa shape index (κ1) is 21.7. The second-order valence-electron chi connectivity index (χ2n) is 6.78. The second kappa shape index (κ2) is 9.69. The lowest BCUT2D eigenvalue weighted by molar-refractivity contribution is -0.124. The van der Waals surface area contributed by atoms with Gasteiger partial charge in [0.2, 0.25) is 10.3 Å². The molecule has 30 heavy (non-hydrogen) atoms. The molecule has 0 radical (unpaired) electrons. The highest BCUT2D eigenvalue weighted by Crippen LogP contribution is 2.27. The van der Waals surface area contributed by atoms with E-state index in [-0.39, 0.29) is 28.8 Å². The molecule has 3 rings (SSSR count). The number of amides is 1. The fourth-order valence-corrected chi connectivity index (χ4v) is 3.81. The van der Waals surface area contributed by atoms with Crippen molar-refractivity contribution in [2.24, 2.45) is 0 Å². The molecule has 0 bridgehead atoms. The van der Waals surface area contributed by atoms with Crippen molar-refractivity contribution in [3.8, 4) is 0 Å². The first-order chi connectivity index (χ1) is 14.4. The Kier molecular flexibility index (Phi) is 7.03. The zero-order chi connectivity index (χ0) is 21.7. The Morgan fingerprint density at radius 3 is 2.70 bits per heavy atom. The predicted molar refractivity (Wildman–Crippen MR) is 111 cm³/mol. The van der Waals surface area contributed by atoms with Crippen molar-refractivity contribution < 1.29 is 24.5 Å². The standard InChI is InChI=1S/C18H24N6O5S/c1-9(5-6-19)20-17-23-24-18(30-17)22-15(26)13-8-12(14(28-2)16(27)29-13)21-10-3-4-11(25)7-10/h5-6,8,10-11,16,19,21,25,27H,3-4,7H2,1-2H3,(H,20,23)(H,22,24,26)/b9-5-,19-6?/t10-,11+,16?/m0/s1. The minimum atomic E-state index is -1.45. The van der Waals surface area contributed by atoms with Gasteiger partial charge in [0.15, 0.2) is 11.5 Å². The van der Waals surface area contributed by atoms with Crippen LogP contribution in [-0.2, 0) is 14.3 Å². The van der Waals surface area contributed by atoms with Crippen LogP contribution < -0.4 is 16.0 Å². The molecule has 162 valence electrons. The lowest BCUT2D eigenvalue weighted by atomic mass is 10.2. The molecular weight excluding hydrogens is 412 g/mol. The van der Waals surface area contributed by atoms with Gasteiger partial charge in [0, 0.05) is 24.0 Å². The molecular formula is C18H24N6O5S. The van der Waals surface area contributed by atoms with E-state index in [1.54, 1.807) is 13.0 Å². The van der Waals surface area contributed by atoms with Crippen molar-refractivity contribution in [3.05, 3.63) is 35.1 Å². The molecule has 2 heterocycles. The first-order valence-corrected chi connectivity index (χ1v) is 10.1. The van der Waals surface area contributed by atoms with E-state index in [2.05, 4.69) is 26.1 Å². The molecule has 1 unspecified atom stereocenters. The maximum Gasteiger partial charge on any atom is 0.292 e. The van der Waals surface area contributed by atoms with Crippen molar-refractivity contribution in [2.75, 3.05) is 17.7 Å². The quantitative estimate of drug-likeness (QED) is 0.327. The Morgan fingerprint density at radius 2 is 2.07 bits per heavy atom. The summed E-state index contributed by atoms with van der Waals surface area (Å²) in [7, 11) is 1.40. The van der Waals surface area contributed by atoms with Gasteiger partial charge in [0.1, 0.15) is 0 Å². The Hall–Kier alpha value is -2.96. The van der Waals surface area contributed by atoms with Crippen LogP contribution in [0.5, 0.6) is 0 Å². The highest BCUT2D eigenvalue weighted by atomic mass is 32.1. The summed E-state index contributed by atoms with van der Waals surface area (Å²) in [6.45, 7) is 1.77. The van der Waals surface area contributed by atoms with E-state index in [0.29, 0.717) is 29.4 Å². The zero-order valence-electron chi connectivity index (χ0n) is 16.5. The minimum absolute atomic E-state index is 0.0000615. The average Bonchev–Trinajstić information content (AvgIpc) is 3.30. The lowest BCUT2D eigenvalue weighted by Crippen LogP contribution is -2.34. The van der Waals surface area contributed by atoms with Crippen molar-refractivity contribution >= 4 is 33.7 Å². The normalized spacial score (nSPS) is 24.1. The maximum atomic E-state index is 12.6. The first-order valence-electron chi connectivity index (χ1n) is 9.28. The highest BCUT2D eigenvalue weighted by molar-refractivity contribution is 7.19. The van der Waals surface area contributed by atoms with Gasteiger partial charge in [-0.05, 0) is 32.3 Å². The van der Waals surface area contributed by atoms with Gasteiger partial charge in [-0.3, -0.25) is 10.1 Å². The number of hydrogen-bond acceptors (Lipinski definition) is 11. The molecule has 11 nitrogen and oxygen atoms in total. The van der Waals surface area contributed by atoms with Gasteiger partial charge in [-0.2, -0.15) is 0 Å². The fourth-order valence-electron chi connectivity index (χ4n) is 3.11. The summed E-state index contributed by atoms with van der Waals surface area (Å²) in [5.74, 6) is -0.567. The van der Waals surface area contributed by atoms with Gasteiger partial charge in [-0.25, -0.2) is 0 Å². The van der Waals surface area contributed by atoms with Gasteiger partial charge in [-0.1, -0.05) is 11.3 Å². The molecule has 1 amide bonds. The summed E-state index contributed by atoms with van der Waals surface area (Å²) in [5, 5.41) is 44.2. The predicted octanol–water partition coefficient (Wildman–Crippen LogP) is 1.04. The third kappa shape index (κ3) is 5.34. The highest BCUT2D eigenvalue weighted by Gasteiger charge is 2.31. The van der Waals surface area contributed by atoms with Crippen LogP contribution in [0.25, 0.3) is 0 Å². The molecule has 1 aliphatic heterocycles. The summed E-state index contributed by atoms with van der Waals surface area (Å²) < 4.78 is 10.5. The topological polar surface area (TPSA) is 162 Å². The van der Waals surface area contributed by atoms with Gasteiger partial charge in [0.25, 0.3) is 12.2 Å². The van der Waals surface area contributed by atoms with Crippen molar-refractivity contribution in [3.63, 3.8) is 0 Å². The van der Waals surface area contributed by atoms with Gasteiger partial charge < -0.3 is 35.7 Å². The third-order valence-electron chi connectivity index (χ3n) is 4.49. The van der Waals surface area contributed by atoms with Crippen LogP contribution in [-0.4, -0.2) is 58.1 Å². The van der Waals surface area contributed by atoms with Gasteiger partial charge in [0.05, 0.1) is 18.9 Å². The smallest absolute Gasteiger partial charge is 0.292 e.